The van der Waals surface area contributed by atoms with Crippen LogP contribution in [0.5, 0.6) is 0 Å². The van der Waals surface area contributed by atoms with Gasteiger partial charge in [-0.15, -0.1) is 11.3 Å². The topological polar surface area (TPSA) is 189 Å². The first-order valence-electron chi connectivity index (χ1n) is 20.3. The predicted molar refractivity (Wildman–Crippen MR) is 212 cm³/mol. The van der Waals surface area contributed by atoms with Crippen LogP contribution in [0.15, 0.2) is 17.5 Å². The molecule has 0 aliphatic carbocycles. The summed E-state index contributed by atoms with van der Waals surface area (Å²) in [7, 11) is 5.30. The van der Waals surface area contributed by atoms with E-state index in [1.165, 1.54) is 25.4 Å². The van der Waals surface area contributed by atoms with E-state index in [0.29, 0.717) is 17.8 Å². The maximum Gasteiger partial charge on any atom is 0.311 e. The Morgan fingerprint density at radius 3 is 2.23 bits per heavy atom. The van der Waals surface area contributed by atoms with Crippen LogP contribution in [0.4, 0.5) is 0 Å². The van der Waals surface area contributed by atoms with Gasteiger partial charge in [0.05, 0.1) is 35.9 Å². The zero-order valence-corrected chi connectivity index (χ0v) is 36.6. The summed E-state index contributed by atoms with van der Waals surface area (Å²) in [5.74, 6) is -2.69. The van der Waals surface area contributed by atoms with Crippen LogP contribution in [0.25, 0.3) is 0 Å². The minimum absolute atomic E-state index is 0.0701. The van der Waals surface area contributed by atoms with Gasteiger partial charge in [-0.05, 0) is 106 Å². The number of aliphatic hydroxyl groups excluding tert-OH is 2. The first kappa shape index (κ1) is 47.4. The summed E-state index contributed by atoms with van der Waals surface area (Å²) in [6.45, 7) is 17.9. The van der Waals surface area contributed by atoms with Crippen molar-refractivity contribution in [1.82, 2.24) is 10.2 Å². The van der Waals surface area contributed by atoms with E-state index in [1.807, 2.05) is 57.3 Å². The molecule has 3 aliphatic heterocycles. The molecule has 1 unspecified atom stereocenters. The number of rotatable bonds is 8. The zero-order valence-electron chi connectivity index (χ0n) is 35.8. The van der Waals surface area contributed by atoms with E-state index in [1.54, 1.807) is 41.5 Å². The molecule has 0 spiro atoms. The molecule has 6 N–H and O–H groups in total. The van der Waals surface area contributed by atoms with Crippen molar-refractivity contribution in [1.29, 1.82) is 0 Å². The van der Waals surface area contributed by atoms with Gasteiger partial charge < -0.3 is 64.2 Å². The number of carbonyl (C=O) groups is 1. The number of cyclic esters (lactones) is 1. The van der Waals surface area contributed by atoms with Crippen LogP contribution in [-0.2, 0) is 38.8 Å². The molecule has 1 aromatic heterocycles. The molecule has 0 radical (unpaired) electrons. The summed E-state index contributed by atoms with van der Waals surface area (Å²) >= 11 is 1.39. The lowest BCUT2D eigenvalue weighted by Gasteiger charge is -2.53. The average Bonchev–Trinajstić information content (AvgIpc) is 3.68. The van der Waals surface area contributed by atoms with Crippen molar-refractivity contribution in [3.05, 3.63) is 22.4 Å². The maximum absolute atomic E-state index is 14.3. The molecule has 0 aromatic carbocycles. The standard InChI is InChI=1S/C41H72N2O12S/c1-14-29-40(10,48)34(45)26(6)42-21-22(2)19-38(8,47)35(55-37-32(44)28(43(11)12)18-23(3)51-37)24(4)33(25(5)36(46)53-29)54-31-20-39(9,50-13)41(49,27(7)52-31)30-16-15-17-56-30/h15-17,22-29,31-35,37,42,44-45,47-49H,14,18-21H2,1-13H3/t22-,23-,24+,25-,26-,27+,28+,29?,31+,32-,33+,34-,35-,37+,38-,39-,40-,41+/m1/s1. The van der Waals surface area contributed by atoms with Crippen LogP contribution in [0.1, 0.15) is 99.8 Å². The molecule has 4 heterocycles. The van der Waals surface area contributed by atoms with E-state index < -0.39 is 95.5 Å². The molecule has 56 heavy (non-hydrogen) atoms. The van der Waals surface area contributed by atoms with Crippen molar-refractivity contribution in [3.8, 4) is 0 Å². The molecule has 3 aliphatic rings. The van der Waals surface area contributed by atoms with Crippen LogP contribution in [0.3, 0.4) is 0 Å². The molecule has 0 saturated carbocycles. The molecule has 0 amide bonds. The Morgan fingerprint density at radius 2 is 1.66 bits per heavy atom. The molecule has 1 aromatic rings. The number of esters is 1. The number of aliphatic hydroxyl groups is 5. The number of nitrogens with one attached hydrogen (secondary N) is 1. The Kier molecular flexibility index (Phi) is 15.7. The molecule has 4 rings (SSSR count). The number of ether oxygens (including phenoxy) is 6. The smallest absolute Gasteiger partial charge is 0.311 e. The Morgan fingerprint density at radius 1 is 1.00 bits per heavy atom. The Hall–Kier alpha value is -1.31. The highest BCUT2D eigenvalue weighted by atomic mass is 32.1. The number of nitrogens with zero attached hydrogens (tertiary/aromatic N) is 1. The molecule has 14 nitrogen and oxygen atoms in total. The minimum Gasteiger partial charge on any atom is -0.459 e. The monoisotopic (exact) mass is 816 g/mol. The third-order valence-corrected chi connectivity index (χ3v) is 13.9. The highest BCUT2D eigenvalue weighted by molar-refractivity contribution is 7.10. The van der Waals surface area contributed by atoms with E-state index in [4.69, 9.17) is 28.4 Å². The van der Waals surface area contributed by atoms with Crippen LogP contribution >= 0.6 is 11.3 Å². The maximum atomic E-state index is 14.3. The number of hydrogen-bond acceptors (Lipinski definition) is 15. The molecule has 324 valence electrons. The van der Waals surface area contributed by atoms with E-state index in [9.17, 15) is 30.3 Å². The fourth-order valence-electron chi connectivity index (χ4n) is 9.32. The Labute approximate surface area is 338 Å². The van der Waals surface area contributed by atoms with Gasteiger partial charge in [-0.3, -0.25) is 4.79 Å². The summed E-state index contributed by atoms with van der Waals surface area (Å²) in [6.07, 6.45) is -7.72. The molecule has 0 bridgehead atoms. The summed E-state index contributed by atoms with van der Waals surface area (Å²) in [5, 5.41) is 64.6. The number of methoxy groups -OCH3 is 1. The lowest BCUT2D eigenvalue weighted by Crippen LogP contribution is -2.64. The highest BCUT2D eigenvalue weighted by Crippen LogP contribution is 2.49. The second-order valence-corrected chi connectivity index (χ2v) is 18.8. The van der Waals surface area contributed by atoms with Crippen molar-refractivity contribution >= 4 is 17.3 Å². The number of thiophene rings is 1. The Balaban J connectivity index is 1.82. The lowest BCUT2D eigenvalue weighted by molar-refractivity contribution is -0.341. The van der Waals surface area contributed by atoms with E-state index in [2.05, 4.69) is 5.32 Å². The number of carbonyl (C=O) groups excluding carboxylic acids is 1. The van der Waals surface area contributed by atoms with Crippen molar-refractivity contribution in [2.75, 3.05) is 27.7 Å². The van der Waals surface area contributed by atoms with Gasteiger partial charge in [0.1, 0.15) is 29.5 Å². The fourth-order valence-corrected chi connectivity index (χ4v) is 10.3. The van der Waals surface area contributed by atoms with E-state index in [-0.39, 0.29) is 37.3 Å². The fraction of sp³-hybridized carbons (Fsp3) is 0.878. The molecule has 3 saturated heterocycles. The number of hydrogen-bond donors (Lipinski definition) is 6. The van der Waals surface area contributed by atoms with Crippen molar-refractivity contribution in [2.24, 2.45) is 17.8 Å². The van der Waals surface area contributed by atoms with Gasteiger partial charge in [0.25, 0.3) is 0 Å². The summed E-state index contributed by atoms with van der Waals surface area (Å²) in [5.41, 5.74) is -6.11. The van der Waals surface area contributed by atoms with E-state index in [0.717, 1.165) is 0 Å². The van der Waals surface area contributed by atoms with Gasteiger partial charge in [-0.2, -0.15) is 0 Å². The SMILES string of the molecule is CCC1OC(=O)[C@H](C)[C@@H](O[C@H]2C[C@@](C)(OC)[C@@](O)(c3cccs3)[C@H](C)O2)[C@H](C)[C@@H](O[C@@H]2O[C@H](C)C[C@H](N(C)C)[C@H]2O)[C@](C)(O)C[C@@H](C)CN[C@H](C)[C@@H](O)[C@]1(C)O. The molecule has 18 atom stereocenters. The van der Waals surface area contributed by atoms with Gasteiger partial charge in [0, 0.05) is 36.4 Å². The highest BCUT2D eigenvalue weighted by Gasteiger charge is 2.60. The minimum atomic E-state index is -1.82. The first-order chi connectivity index (χ1) is 25.9. The summed E-state index contributed by atoms with van der Waals surface area (Å²) in [6, 6.07) is 2.81. The Bertz CT molecular complexity index is 1400. The van der Waals surface area contributed by atoms with Crippen LogP contribution in [-0.4, -0.2) is 148 Å². The normalized spacial score (nSPS) is 47.9. The lowest BCUT2D eigenvalue weighted by atomic mass is 9.74. The van der Waals surface area contributed by atoms with Crippen molar-refractivity contribution in [3.63, 3.8) is 0 Å². The van der Waals surface area contributed by atoms with Crippen molar-refractivity contribution in [2.45, 2.75) is 185 Å². The van der Waals surface area contributed by atoms with Gasteiger partial charge in [0.2, 0.25) is 0 Å². The van der Waals surface area contributed by atoms with Gasteiger partial charge in [-0.25, -0.2) is 0 Å². The quantitative estimate of drug-likeness (QED) is 0.210. The third kappa shape index (κ3) is 9.66. The van der Waals surface area contributed by atoms with Gasteiger partial charge >= 0.3 is 5.97 Å². The summed E-state index contributed by atoms with van der Waals surface area (Å²) < 4.78 is 38.4. The second kappa shape index (κ2) is 18.5. The molecule has 15 heteroatoms. The first-order valence-corrected chi connectivity index (χ1v) is 21.2. The van der Waals surface area contributed by atoms with Crippen LogP contribution in [0.2, 0.25) is 0 Å². The predicted octanol–water partition coefficient (Wildman–Crippen LogP) is 3.15. The van der Waals surface area contributed by atoms with Crippen LogP contribution in [0, 0.1) is 17.8 Å². The molecular weight excluding hydrogens is 745 g/mol. The average molecular weight is 817 g/mol. The summed E-state index contributed by atoms with van der Waals surface area (Å²) in [4.78, 5) is 16.9. The third-order valence-electron chi connectivity index (χ3n) is 12.9. The molecular formula is C41H72N2O12S. The van der Waals surface area contributed by atoms with Crippen molar-refractivity contribution < 1.29 is 58.7 Å². The van der Waals surface area contributed by atoms with Gasteiger partial charge in [0.15, 0.2) is 18.2 Å². The van der Waals surface area contributed by atoms with Crippen LogP contribution < -0.4 is 5.32 Å². The second-order valence-electron chi connectivity index (χ2n) is 17.8. The number of likely N-dealkylation sites (N-methyl/N-ethyl adjacent to an activating group) is 1. The molecule has 3 fully saturated rings. The largest absolute Gasteiger partial charge is 0.459 e. The van der Waals surface area contributed by atoms with E-state index >= 15 is 0 Å². The zero-order chi connectivity index (χ0) is 42.1. The van der Waals surface area contributed by atoms with Gasteiger partial charge in [-0.1, -0.05) is 26.8 Å².